The van der Waals surface area contributed by atoms with Crippen LogP contribution in [0.15, 0.2) is 48.5 Å². The van der Waals surface area contributed by atoms with Crippen LogP contribution in [0.25, 0.3) is 21.5 Å². The number of carbonyl (C=O) groups excluding carboxylic acids is 1. The molecular formula is C25H22F3N5O3S. The number of para-hydroxylation sites is 1. The molecule has 1 fully saturated rings. The molecule has 1 saturated heterocycles. The monoisotopic (exact) mass is 529 g/mol. The molecule has 4 aromatic rings. The van der Waals surface area contributed by atoms with Gasteiger partial charge in [0.15, 0.2) is 10.9 Å². The molecule has 5 rings (SSSR count). The van der Waals surface area contributed by atoms with Gasteiger partial charge in [0.2, 0.25) is 17.7 Å². The Morgan fingerprint density at radius 3 is 2.68 bits per heavy atom. The van der Waals surface area contributed by atoms with Gasteiger partial charge in [-0.2, -0.15) is 18.2 Å². The minimum atomic E-state index is -4.44. The lowest BCUT2D eigenvalue weighted by Gasteiger charge is -2.14. The van der Waals surface area contributed by atoms with Crippen molar-refractivity contribution < 1.29 is 27.4 Å². The normalized spacial score (nSPS) is 15.6. The van der Waals surface area contributed by atoms with Crippen LogP contribution in [0, 0.1) is 0 Å². The van der Waals surface area contributed by atoms with Gasteiger partial charge in [0.1, 0.15) is 5.52 Å². The van der Waals surface area contributed by atoms with Crippen LogP contribution in [0.3, 0.4) is 0 Å². The zero-order chi connectivity index (χ0) is 26.0. The molecule has 2 N–H and O–H groups in total. The Morgan fingerprint density at radius 1 is 1.16 bits per heavy atom. The van der Waals surface area contributed by atoms with Gasteiger partial charge in [-0.1, -0.05) is 29.5 Å². The van der Waals surface area contributed by atoms with Crippen LogP contribution in [0.5, 0.6) is 11.6 Å². The summed E-state index contributed by atoms with van der Waals surface area (Å²) in [5.41, 5.74) is 0.654. The second-order valence-electron chi connectivity index (χ2n) is 8.41. The number of aromatic nitrogens is 3. The van der Waals surface area contributed by atoms with Crippen LogP contribution in [-0.4, -0.2) is 40.1 Å². The van der Waals surface area contributed by atoms with Crippen molar-refractivity contribution in [1.82, 2.24) is 15.0 Å². The summed E-state index contributed by atoms with van der Waals surface area (Å²) in [5, 5.41) is 6.26. The Bertz CT molecular complexity index is 1420. The maximum absolute atomic E-state index is 13.0. The first-order valence-electron chi connectivity index (χ1n) is 11.5. The lowest BCUT2D eigenvalue weighted by molar-refractivity contribution is -0.137. The van der Waals surface area contributed by atoms with Crippen LogP contribution in [0.2, 0.25) is 0 Å². The van der Waals surface area contributed by atoms with Gasteiger partial charge in [0.05, 0.1) is 22.1 Å². The average Bonchev–Trinajstić information content (AvgIpc) is 3.52. The summed E-state index contributed by atoms with van der Waals surface area (Å²) in [5.74, 6) is 0.613. The smallest absolute Gasteiger partial charge is 0.416 e. The number of anilines is 2. The van der Waals surface area contributed by atoms with Crippen molar-refractivity contribution >= 4 is 38.5 Å². The van der Waals surface area contributed by atoms with Gasteiger partial charge in [0, 0.05) is 31.7 Å². The molecule has 3 heterocycles. The number of halogens is 3. The fourth-order valence-electron chi connectivity index (χ4n) is 3.87. The minimum Gasteiger partial charge on any atom is -0.437 e. The molecule has 1 amide bonds. The molecule has 1 atom stereocenters. The van der Waals surface area contributed by atoms with E-state index in [-0.39, 0.29) is 23.8 Å². The molecule has 192 valence electrons. The van der Waals surface area contributed by atoms with Crippen LogP contribution < -0.4 is 15.4 Å². The van der Waals surface area contributed by atoms with Gasteiger partial charge in [-0.25, -0.2) is 9.97 Å². The lowest BCUT2D eigenvalue weighted by Crippen LogP contribution is -2.19. The fraction of sp³-hybridized carbons (Fsp3) is 0.280. The van der Waals surface area contributed by atoms with E-state index < -0.39 is 11.7 Å². The van der Waals surface area contributed by atoms with E-state index in [0.29, 0.717) is 40.8 Å². The number of thiazole rings is 1. The summed E-state index contributed by atoms with van der Waals surface area (Å²) in [7, 11) is 0. The molecule has 0 aliphatic carbocycles. The van der Waals surface area contributed by atoms with Gasteiger partial charge in [-0.3, -0.25) is 4.79 Å². The lowest BCUT2D eigenvalue weighted by atomic mass is 10.1. The zero-order valence-corrected chi connectivity index (χ0v) is 20.4. The molecule has 37 heavy (non-hydrogen) atoms. The topological polar surface area (TPSA) is 98.3 Å². The van der Waals surface area contributed by atoms with E-state index in [1.807, 2.05) is 6.07 Å². The molecule has 0 bridgehead atoms. The summed E-state index contributed by atoms with van der Waals surface area (Å²) in [4.78, 5) is 24.8. The Hall–Kier alpha value is -3.77. The van der Waals surface area contributed by atoms with E-state index >= 15 is 0 Å². The number of carbonyl (C=O) groups is 1. The number of hydrogen-bond donors (Lipinski definition) is 2. The molecule has 0 spiro atoms. The summed E-state index contributed by atoms with van der Waals surface area (Å²) in [6.07, 6.45) is -2.52. The first-order valence-corrected chi connectivity index (χ1v) is 12.3. The summed E-state index contributed by atoms with van der Waals surface area (Å²) >= 11 is 1.31. The number of hydrogen-bond acceptors (Lipinski definition) is 8. The Labute approximate surface area is 213 Å². The van der Waals surface area contributed by atoms with Gasteiger partial charge in [-0.15, -0.1) is 0 Å². The molecular weight excluding hydrogens is 507 g/mol. The van der Waals surface area contributed by atoms with E-state index in [1.165, 1.54) is 30.4 Å². The maximum atomic E-state index is 13.0. The van der Waals surface area contributed by atoms with Crippen molar-refractivity contribution in [2.75, 3.05) is 23.8 Å². The number of amides is 1. The highest BCUT2D eigenvalue weighted by Crippen LogP contribution is 2.36. The third-order valence-corrected chi connectivity index (χ3v) is 6.54. The molecule has 0 saturated carbocycles. The highest BCUT2D eigenvalue weighted by atomic mass is 32.1. The van der Waals surface area contributed by atoms with E-state index in [1.54, 1.807) is 18.2 Å². The number of alkyl halides is 3. The van der Waals surface area contributed by atoms with Gasteiger partial charge >= 0.3 is 6.18 Å². The Kier molecular flexibility index (Phi) is 6.94. The summed E-state index contributed by atoms with van der Waals surface area (Å²) in [6.45, 7) is 2.58. The quantitative estimate of drug-likeness (QED) is 0.298. The van der Waals surface area contributed by atoms with E-state index in [4.69, 9.17) is 9.47 Å². The van der Waals surface area contributed by atoms with Crippen molar-refractivity contribution in [3.8, 4) is 22.9 Å². The van der Waals surface area contributed by atoms with Crippen molar-refractivity contribution in [3.05, 3.63) is 54.1 Å². The predicted molar refractivity (Wildman–Crippen MR) is 134 cm³/mol. The number of benzene rings is 2. The largest absolute Gasteiger partial charge is 0.437 e. The molecule has 1 unspecified atom stereocenters. The summed E-state index contributed by atoms with van der Waals surface area (Å²) in [6, 6.07) is 11.7. The Balaban J connectivity index is 1.48. The molecule has 2 aromatic carbocycles. The highest BCUT2D eigenvalue weighted by Gasteiger charge is 2.30. The summed E-state index contributed by atoms with van der Waals surface area (Å²) < 4.78 is 51.7. The fourth-order valence-corrected chi connectivity index (χ4v) is 4.80. The first kappa shape index (κ1) is 24.9. The van der Waals surface area contributed by atoms with Crippen molar-refractivity contribution in [1.29, 1.82) is 0 Å². The van der Waals surface area contributed by atoms with Gasteiger partial charge in [-0.05, 0) is 37.1 Å². The maximum Gasteiger partial charge on any atom is 0.416 e. The van der Waals surface area contributed by atoms with Crippen molar-refractivity contribution in [3.63, 3.8) is 0 Å². The number of nitrogens with one attached hydrogen (secondary N) is 2. The third kappa shape index (κ3) is 5.97. The first-order chi connectivity index (χ1) is 17.7. The highest BCUT2D eigenvalue weighted by molar-refractivity contribution is 7.22. The van der Waals surface area contributed by atoms with E-state index in [0.717, 1.165) is 29.7 Å². The zero-order valence-electron chi connectivity index (χ0n) is 19.6. The Morgan fingerprint density at radius 2 is 1.97 bits per heavy atom. The molecule has 2 aromatic heterocycles. The number of rotatable bonds is 7. The van der Waals surface area contributed by atoms with E-state index in [2.05, 4.69) is 25.6 Å². The third-order valence-electron chi connectivity index (χ3n) is 5.60. The van der Waals surface area contributed by atoms with E-state index in [9.17, 15) is 18.0 Å². The van der Waals surface area contributed by atoms with Crippen LogP contribution >= 0.6 is 11.3 Å². The van der Waals surface area contributed by atoms with Crippen molar-refractivity contribution in [2.45, 2.75) is 32.0 Å². The van der Waals surface area contributed by atoms with Crippen LogP contribution in [0.4, 0.5) is 24.3 Å². The number of fused-ring (bicyclic) bond motifs is 1. The van der Waals surface area contributed by atoms with Crippen LogP contribution in [-0.2, 0) is 15.7 Å². The van der Waals surface area contributed by atoms with Crippen molar-refractivity contribution in [2.24, 2.45) is 0 Å². The predicted octanol–water partition coefficient (Wildman–Crippen LogP) is 6.11. The average molecular weight is 530 g/mol. The molecule has 8 nitrogen and oxygen atoms in total. The second-order valence-corrected chi connectivity index (χ2v) is 9.44. The minimum absolute atomic E-state index is 0.0265. The van der Waals surface area contributed by atoms with Crippen LogP contribution in [0.1, 0.15) is 25.3 Å². The van der Waals surface area contributed by atoms with Gasteiger partial charge in [0.25, 0.3) is 0 Å². The molecule has 1 aliphatic heterocycles. The molecule has 12 heteroatoms. The standard InChI is InChI=1S/C25H22F3N5O3S/c1-14(34)30-24-33-22-19(5-2-6-20(22)37-24)36-21-12-18(15-7-9-16(10-8-15)25(26,27)28)31-23(32-21)29-13-17-4-3-11-35-17/h2,5-10,12,17H,3-4,11,13H2,1H3,(H,29,31,32)(H,30,33,34). The molecule has 0 radical (unpaired) electrons. The number of ether oxygens (including phenoxy) is 2. The van der Waals surface area contributed by atoms with Gasteiger partial charge < -0.3 is 20.1 Å². The second kappa shape index (κ2) is 10.3. The number of nitrogens with zero attached hydrogens (tertiary/aromatic N) is 3. The SMILES string of the molecule is CC(=O)Nc1nc2c(Oc3cc(-c4ccc(C(F)(F)F)cc4)nc(NCC4CCCO4)n3)cccc2s1. The molecule has 1 aliphatic rings.